The SMILES string of the molecule is Cc1cccc(-n2c(=O)ccc3c(Nc4ccc(F)c(C)c4)c(C(=O)O)sc32)c1. The molecule has 0 atom stereocenters. The van der Waals surface area contributed by atoms with Gasteiger partial charge in [0.2, 0.25) is 0 Å². The highest BCUT2D eigenvalue weighted by molar-refractivity contribution is 7.21. The van der Waals surface area contributed by atoms with Crippen molar-refractivity contribution in [3.63, 3.8) is 0 Å². The van der Waals surface area contributed by atoms with Gasteiger partial charge in [0.15, 0.2) is 0 Å². The second-order valence-electron chi connectivity index (χ2n) is 6.77. The van der Waals surface area contributed by atoms with Crippen LogP contribution in [0.15, 0.2) is 59.4 Å². The van der Waals surface area contributed by atoms with E-state index in [4.69, 9.17) is 0 Å². The zero-order chi connectivity index (χ0) is 20.7. The Morgan fingerprint density at radius 1 is 1.10 bits per heavy atom. The van der Waals surface area contributed by atoms with Crippen LogP contribution in [0.5, 0.6) is 0 Å². The largest absolute Gasteiger partial charge is 0.477 e. The summed E-state index contributed by atoms with van der Waals surface area (Å²) in [5.41, 5.74) is 2.81. The van der Waals surface area contributed by atoms with Gasteiger partial charge in [-0.05, 0) is 61.4 Å². The lowest BCUT2D eigenvalue weighted by Gasteiger charge is -2.10. The van der Waals surface area contributed by atoms with E-state index in [9.17, 15) is 19.1 Å². The normalized spacial score (nSPS) is 11.0. The quantitative estimate of drug-likeness (QED) is 0.484. The molecule has 5 nitrogen and oxygen atoms in total. The summed E-state index contributed by atoms with van der Waals surface area (Å²) in [6, 6.07) is 15.0. The molecule has 0 amide bonds. The first-order valence-electron chi connectivity index (χ1n) is 8.87. The van der Waals surface area contributed by atoms with Gasteiger partial charge in [0, 0.05) is 17.1 Å². The van der Waals surface area contributed by atoms with Gasteiger partial charge in [0.05, 0.1) is 11.4 Å². The summed E-state index contributed by atoms with van der Waals surface area (Å²) < 4.78 is 15.1. The molecule has 4 aromatic rings. The van der Waals surface area contributed by atoms with Gasteiger partial charge in [-0.25, -0.2) is 9.18 Å². The molecule has 0 aliphatic rings. The van der Waals surface area contributed by atoms with Crippen LogP contribution in [0, 0.1) is 19.7 Å². The van der Waals surface area contributed by atoms with Crippen molar-refractivity contribution < 1.29 is 14.3 Å². The standard InChI is InChI=1S/C22H17FN2O3S/c1-12-4-3-5-15(10-12)25-18(26)9-7-16-19(20(22(27)28)29-21(16)25)24-14-6-8-17(23)13(2)11-14/h3-11,24H,1-2H3,(H,27,28). The summed E-state index contributed by atoms with van der Waals surface area (Å²) in [5.74, 6) is -1.44. The maximum absolute atomic E-state index is 13.6. The number of thiophene rings is 1. The second-order valence-corrected chi connectivity index (χ2v) is 7.76. The van der Waals surface area contributed by atoms with E-state index in [1.165, 1.54) is 16.7 Å². The molecule has 4 rings (SSSR count). The number of hydrogen-bond donors (Lipinski definition) is 2. The van der Waals surface area contributed by atoms with Gasteiger partial charge in [-0.2, -0.15) is 0 Å². The molecule has 0 bridgehead atoms. The second kappa shape index (κ2) is 7.18. The van der Waals surface area contributed by atoms with Crippen LogP contribution in [-0.2, 0) is 0 Å². The van der Waals surface area contributed by atoms with Gasteiger partial charge in [-0.1, -0.05) is 12.1 Å². The molecule has 0 spiro atoms. The lowest BCUT2D eigenvalue weighted by molar-refractivity contribution is 0.0703. The number of hydrogen-bond acceptors (Lipinski definition) is 4. The Bertz CT molecular complexity index is 1320. The number of carboxylic acid groups (broad SMARTS) is 1. The average Bonchev–Trinajstić information content (AvgIpc) is 3.03. The Morgan fingerprint density at radius 2 is 1.90 bits per heavy atom. The van der Waals surface area contributed by atoms with Crippen molar-refractivity contribution in [1.82, 2.24) is 4.57 Å². The Kier molecular flexibility index (Phi) is 4.68. The highest BCUT2D eigenvalue weighted by Crippen LogP contribution is 2.38. The van der Waals surface area contributed by atoms with Gasteiger partial charge in [0.1, 0.15) is 15.5 Å². The monoisotopic (exact) mass is 408 g/mol. The summed E-state index contributed by atoms with van der Waals surface area (Å²) in [6.07, 6.45) is 0. The van der Waals surface area contributed by atoms with E-state index in [0.717, 1.165) is 16.9 Å². The van der Waals surface area contributed by atoms with Crippen LogP contribution in [0.3, 0.4) is 0 Å². The molecule has 0 fully saturated rings. The Balaban J connectivity index is 1.96. The van der Waals surface area contributed by atoms with Crippen LogP contribution in [0.4, 0.5) is 15.8 Å². The molecule has 0 saturated heterocycles. The van der Waals surface area contributed by atoms with Crippen molar-refractivity contribution >= 4 is 38.9 Å². The van der Waals surface area contributed by atoms with Crippen molar-refractivity contribution in [1.29, 1.82) is 0 Å². The number of aromatic nitrogens is 1. The fourth-order valence-electron chi connectivity index (χ4n) is 3.23. The smallest absolute Gasteiger partial charge is 0.348 e. The maximum atomic E-state index is 13.6. The van der Waals surface area contributed by atoms with Crippen molar-refractivity contribution in [2.75, 3.05) is 5.32 Å². The van der Waals surface area contributed by atoms with E-state index < -0.39 is 5.97 Å². The number of nitrogens with zero attached hydrogens (tertiary/aromatic N) is 1. The number of fused-ring (bicyclic) bond motifs is 1. The van der Waals surface area contributed by atoms with E-state index in [0.29, 0.717) is 32.8 Å². The van der Waals surface area contributed by atoms with E-state index >= 15 is 0 Å². The lowest BCUT2D eigenvalue weighted by Crippen LogP contribution is -2.16. The van der Waals surface area contributed by atoms with Crippen molar-refractivity contribution in [3.8, 4) is 5.69 Å². The zero-order valence-corrected chi connectivity index (χ0v) is 16.5. The first kappa shape index (κ1) is 18.9. The third-order valence-corrected chi connectivity index (χ3v) is 5.80. The minimum absolute atomic E-state index is 0.0778. The first-order chi connectivity index (χ1) is 13.8. The molecule has 2 heterocycles. The summed E-state index contributed by atoms with van der Waals surface area (Å²) in [5, 5.41) is 13.5. The van der Waals surface area contributed by atoms with Crippen LogP contribution < -0.4 is 10.9 Å². The Labute approximate surface area is 169 Å². The number of halogens is 1. The summed E-state index contributed by atoms with van der Waals surface area (Å²) in [4.78, 5) is 25.2. The van der Waals surface area contributed by atoms with E-state index in [1.54, 1.807) is 25.1 Å². The number of aryl methyl sites for hydroxylation is 2. The zero-order valence-electron chi connectivity index (χ0n) is 15.7. The molecule has 2 N–H and O–H groups in total. The molecule has 0 aliphatic carbocycles. The number of carboxylic acids is 1. The van der Waals surface area contributed by atoms with Crippen molar-refractivity contribution in [2.45, 2.75) is 13.8 Å². The third-order valence-electron chi connectivity index (χ3n) is 4.62. The molecular weight excluding hydrogens is 391 g/mol. The Hall–Kier alpha value is -3.45. The fourth-order valence-corrected chi connectivity index (χ4v) is 4.35. The van der Waals surface area contributed by atoms with Gasteiger partial charge in [-0.15, -0.1) is 11.3 Å². The molecule has 0 aliphatic heterocycles. The molecule has 7 heteroatoms. The molecule has 146 valence electrons. The molecule has 0 saturated carbocycles. The van der Waals surface area contributed by atoms with Gasteiger partial charge in [0.25, 0.3) is 5.56 Å². The third kappa shape index (κ3) is 3.40. The van der Waals surface area contributed by atoms with Crippen LogP contribution in [-0.4, -0.2) is 15.6 Å². The topological polar surface area (TPSA) is 71.3 Å². The minimum Gasteiger partial charge on any atom is -0.477 e. The molecule has 2 aromatic heterocycles. The van der Waals surface area contributed by atoms with Crippen molar-refractivity contribution in [2.24, 2.45) is 0 Å². The number of rotatable bonds is 4. The molecular formula is C22H17FN2O3S. The molecule has 29 heavy (non-hydrogen) atoms. The summed E-state index contributed by atoms with van der Waals surface area (Å²) >= 11 is 1.03. The van der Waals surface area contributed by atoms with Crippen LogP contribution in [0.2, 0.25) is 0 Å². The molecule has 0 unspecified atom stereocenters. The fraction of sp³-hybridized carbons (Fsp3) is 0.0909. The summed E-state index contributed by atoms with van der Waals surface area (Å²) in [6.45, 7) is 3.56. The number of nitrogens with one attached hydrogen (secondary N) is 1. The highest BCUT2D eigenvalue weighted by atomic mass is 32.1. The predicted molar refractivity (Wildman–Crippen MR) is 114 cm³/mol. The van der Waals surface area contributed by atoms with Gasteiger partial charge in [-0.3, -0.25) is 9.36 Å². The molecule has 0 radical (unpaired) electrons. The van der Waals surface area contributed by atoms with E-state index in [1.807, 2.05) is 31.2 Å². The number of pyridine rings is 1. The first-order valence-corrected chi connectivity index (χ1v) is 9.69. The minimum atomic E-state index is -1.10. The van der Waals surface area contributed by atoms with E-state index in [-0.39, 0.29) is 16.3 Å². The van der Waals surface area contributed by atoms with Gasteiger partial charge < -0.3 is 10.4 Å². The van der Waals surface area contributed by atoms with Crippen molar-refractivity contribution in [3.05, 3.63) is 86.8 Å². The predicted octanol–water partition coefficient (Wildman–Crippen LogP) is 5.25. The highest BCUT2D eigenvalue weighted by Gasteiger charge is 2.21. The lowest BCUT2D eigenvalue weighted by atomic mass is 10.2. The molecule has 2 aromatic carbocycles. The summed E-state index contributed by atoms with van der Waals surface area (Å²) in [7, 11) is 0. The van der Waals surface area contributed by atoms with E-state index in [2.05, 4.69) is 5.32 Å². The number of aromatic carboxylic acids is 1. The average molecular weight is 408 g/mol. The van der Waals surface area contributed by atoms with Crippen LogP contribution in [0.1, 0.15) is 20.8 Å². The number of benzene rings is 2. The Morgan fingerprint density at radius 3 is 2.59 bits per heavy atom. The van der Waals surface area contributed by atoms with Gasteiger partial charge >= 0.3 is 5.97 Å². The van der Waals surface area contributed by atoms with Crippen LogP contribution >= 0.6 is 11.3 Å². The van der Waals surface area contributed by atoms with Crippen LogP contribution in [0.25, 0.3) is 15.9 Å². The maximum Gasteiger partial charge on any atom is 0.348 e. The number of carbonyl (C=O) groups is 1. The number of anilines is 2.